The molecular weight excluding hydrogens is 624 g/mol. The molecule has 0 saturated carbocycles. The molecule has 119 valence electrons. The molecule has 1 fully saturated rings. The van der Waals surface area contributed by atoms with E-state index in [1.165, 1.54) is 0 Å². The largest absolute Gasteiger partial charge is 0.459 e. The number of carbonyl (C=O) groups excluding carboxylic acids is 1. The summed E-state index contributed by atoms with van der Waals surface area (Å²) in [5, 5.41) is 0. The van der Waals surface area contributed by atoms with Crippen LogP contribution >= 0.6 is 0 Å². The molecule has 22 heavy (non-hydrogen) atoms. The van der Waals surface area contributed by atoms with Crippen LogP contribution in [0.5, 0.6) is 0 Å². The van der Waals surface area contributed by atoms with Gasteiger partial charge in [-0.2, -0.15) is 5.69 Å². The van der Waals surface area contributed by atoms with Crippen molar-refractivity contribution < 1.29 is 46.3 Å². The Labute approximate surface area is 158 Å². The predicted octanol–water partition coefficient (Wildman–Crippen LogP) is 0.733. The molecule has 0 aromatic carbocycles. The molecule has 8 heteroatoms. The Balaban J connectivity index is 0.00000121. The van der Waals surface area contributed by atoms with E-state index in [2.05, 4.69) is 22.1 Å². The van der Waals surface area contributed by atoms with Crippen molar-refractivity contribution in [2.75, 3.05) is 45.2 Å². The molecule has 2 aromatic rings. The molecule has 1 aliphatic rings. The first-order valence-electron chi connectivity index (χ1n) is 6.63. The Morgan fingerprint density at radius 2 is 1.91 bits per heavy atom. The van der Waals surface area contributed by atoms with Gasteiger partial charge in [0.2, 0.25) is 0 Å². The van der Waals surface area contributed by atoms with Gasteiger partial charge in [-0.15, -0.1) is 12.4 Å². The van der Waals surface area contributed by atoms with Gasteiger partial charge in [-0.05, 0) is 0 Å². The average molecular weight is 641 g/mol. The number of aromatic nitrogens is 2. The summed E-state index contributed by atoms with van der Waals surface area (Å²) in [4.78, 5) is 21.9. The summed E-state index contributed by atoms with van der Waals surface area (Å²) in [6, 6.07) is 5.13. The van der Waals surface area contributed by atoms with E-state index in [1.54, 1.807) is 25.2 Å². The second-order valence-corrected chi connectivity index (χ2v) is 5.08. The van der Waals surface area contributed by atoms with Crippen LogP contribution in [0.15, 0.2) is 18.5 Å². The molecule has 6 nitrogen and oxygen atoms in total. The molecule has 2 aromatic heterocycles. The van der Waals surface area contributed by atoms with Crippen LogP contribution in [0.2, 0.25) is 0 Å². The zero-order chi connectivity index (χ0) is 14.1. The third kappa shape index (κ3) is 3.71. The van der Waals surface area contributed by atoms with Gasteiger partial charge in [-0.3, -0.25) is 0 Å². The summed E-state index contributed by atoms with van der Waals surface area (Å²) >= 11 is 0. The molecule has 0 aliphatic carbocycles. The minimum absolute atomic E-state index is 0. The van der Waals surface area contributed by atoms with Crippen LogP contribution in [0.3, 0.4) is 0 Å². The number of piperazine rings is 1. The molecule has 3 rings (SSSR count). The van der Waals surface area contributed by atoms with Crippen LogP contribution in [0, 0.1) is 12.3 Å². The van der Waals surface area contributed by atoms with Gasteiger partial charge in [0.15, 0.2) is 0 Å². The van der Waals surface area contributed by atoms with Gasteiger partial charge in [0.05, 0.1) is 0 Å². The van der Waals surface area contributed by atoms with Crippen LogP contribution in [0.1, 0.15) is 0 Å². The first-order chi connectivity index (χ1) is 9.66. The molecule has 2 amide bonds. The van der Waals surface area contributed by atoms with Crippen molar-refractivity contribution in [1.29, 1.82) is 0 Å². The maximum atomic E-state index is 11.9. The van der Waals surface area contributed by atoms with Gasteiger partial charge < -0.3 is 24.1 Å². The number of anilines is 1. The van der Waals surface area contributed by atoms with E-state index in [9.17, 15) is 4.79 Å². The second kappa shape index (κ2) is 8.10. The quantitative estimate of drug-likeness (QED) is 0.432. The van der Waals surface area contributed by atoms with Gasteiger partial charge in [0, 0.05) is 81.8 Å². The van der Waals surface area contributed by atoms with Gasteiger partial charge >= 0.3 is 6.03 Å². The summed E-state index contributed by atoms with van der Waals surface area (Å²) in [5.41, 5.74) is 1.93. The van der Waals surface area contributed by atoms with Gasteiger partial charge in [0.1, 0.15) is 0 Å². The summed E-state index contributed by atoms with van der Waals surface area (Å²) in [5.74, 6) is 0. The Hall–Kier alpha value is -0.889. The van der Waals surface area contributed by atoms with E-state index in [0.717, 1.165) is 37.5 Å². The van der Waals surface area contributed by atoms with Gasteiger partial charge in [-0.25, -0.2) is 16.9 Å². The molecule has 0 bridgehead atoms. The van der Waals surface area contributed by atoms with Crippen LogP contribution in [0.4, 0.5) is 10.5 Å². The van der Waals surface area contributed by atoms with Crippen molar-refractivity contribution in [3.63, 3.8) is 0 Å². The number of hydrogen-bond donors (Lipinski definition) is 0. The maximum Gasteiger partial charge on any atom is 0.319 e. The second-order valence-electron chi connectivity index (χ2n) is 5.08. The number of hydrogen-bond acceptors (Lipinski definition) is 3. The van der Waals surface area contributed by atoms with Crippen molar-refractivity contribution in [3.8, 4) is 0 Å². The van der Waals surface area contributed by atoms with Crippen LogP contribution in [-0.4, -0.2) is 65.5 Å². The van der Waals surface area contributed by atoms with E-state index in [-0.39, 0.29) is 47.5 Å². The number of nitrogens with zero attached hydrogens (tertiary/aromatic N) is 5. The van der Waals surface area contributed by atoms with Crippen LogP contribution < -0.4 is 4.90 Å². The Morgan fingerprint density at radius 3 is 2.55 bits per heavy atom. The molecule has 0 N–H and O–H groups in total. The molecule has 3 heterocycles. The Morgan fingerprint density at radius 1 is 1.23 bits per heavy atom. The Kier molecular flexibility index (Phi) is 7.05. The summed E-state index contributed by atoms with van der Waals surface area (Å²) in [7, 11) is 3.57. The van der Waals surface area contributed by atoms with Crippen molar-refractivity contribution in [2.45, 2.75) is 0 Å². The number of urea groups is 1. The number of imidazole rings is 1. The molecule has 0 atom stereocenters. The average Bonchev–Trinajstić information content (AvgIpc) is 2.95. The molecule has 0 unspecified atom stereocenters. The van der Waals surface area contributed by atoms with E-state index in [0.29, 0.717) is 0 Å². The van der Waals surface area contributed by atoms with E-state index < -0.39 is 0 Å². The summed E-state index contributed by atoms with van der Waals surface area (Å²) in [6.07, 6.45) is 6.49. The predicted molar refractivity (Wildman–Crippen MR) is 75.7 cm³/mol. The molecule has 1 radical (unpaired) electrons. The van der Waals surface area contributed by atoms with Crippen LogP contribution in [-0.2, 0) is 41.5 Å². The normalized spacial score (nSPS) is 14.3. The smallest absolute Gasteiger partial charge is 0.319 e. The van der Waals surface area contributed by atoms with Gasteiger partial charge in [0.25, 0.3) is 0 Å². The SMILES string of the molecule is CN(C)C(=O)N1CCN(c2c[c-]cn3c[c-]nc23)CC1.[Re].[W]. The number of fused-ring (bicyclic) bond motifs is 1. The topological polar surface area (TPSA) is 44.1 Å². The number of pyridine rings is 1. The number of rotatable bonds is 1. The number of amides is 2. The first kappa shape index (κ1) is 19.2. The Bertz CT molecular complexity index is 624. The standard InChI is InChI=1S/C14H17N5O.Re.W/c1-16(2)14(20)19-10-8-17(9-11-19)12-4-3-6-18-7-5-15-13(12)18;;/h4,6-7H,8-11H2,1-2H3;;/q-2;;. The third-order valence-electron chi connectivity index (χ3n) is 3.55. The summed E-state index contributed by atoms with van der Waals surface area (Å²) < 4.78 is 1.91. The summed E-state index contributed by atoms with van der Waals surface area (Å²) in [6.45, 7) is 3.06. The van der Waals surface area contributed by atoms with Crippen molar-refractivity contribution in [3.05, 3.63) is 30.7 Å². The maximum absolute atomic E-state index is 11.9. The van der Waals surface area contributed by atoms with Crippen molar-refractivity contribution in [1.82, 2.24) is 19.2 Å². The fraction of sp³-hybridized carbons (Fsp3) is 0.429. The zero-order valence-corrected chi connectivity index (χ0v) is 18.1. The minimum Gasteiger partial charge on any atom is -0.459 e. The van der Waals surface area contributed by atoms with E-state index in [4.69, 9.17) is 0 Å². The zero-order valence-electron chi connectivity index (χ0n) is 12.5. The van der Waals surface area contributed by atoms with E-state index in [1.807, 2.05) is 21.6 Å². The van der Waals surface area contributed by atoms with Crippen molar-refractivity contribution >= 4 is 17.4 Å². The fourth-order valence-corrected chi connectivity index (χ4v) is 2.47. The minimum atomic E-state index is 0. The van der Waals surface area contributed by atoms with Crippen molar-refractivity contribution in [2.24, 2.45) is 0 Å². The molecule has 0 spiro atoms. The fourth-order valence-electron chi connectivity index (χ4n) is 2.47. The monoisotopic (exact) mass is 642 g/mol. The molecule has 1 aliphatic heterocycles. The molecular formula is C14H17N5OReW-2. The van der Waals surface area contributed by atoms with Gasteiger partial charge in [-0.1, -0.05) is 11.8 Å². The van der Waals surface area contributed by atoms with E-state index >= 15 is 0 Å². The molecule has 1 saturated heterocycles. The number of carbonyl (C=O) groups is 1. The third-order valence-corrected chi connectivity index (χ3v) is 3.55. The van der Waals surface area contributed by atoms with Crippen LogP contribution in [0.25, 0.3) is 5.65 Å². The first-order valence-corrected chi connectivity index (χ1v) is 6.63.